The third-order valence-electron chi connectivity index (χ3n) is 4.96. The number of amides is 2. The fraction of sp³-hybridized carbons (Fsp3) is 0.160. The van der Waals surface area contributed by atoms with Gasteiger partial charge in [0.1, 0.15) is 12.4 Å². The normalized spacial score (nSPS) is 10.4. The average molecular weight is 506 g/mol. The zero-order valence-electron chi connectivity index (χ0n) is 19.6. The molecule has 2 aromatic carbocycles. The number of methoxy groups -OCH3 is 2. The van der Waals surface area contributed by atoms with Crippen LogP contribution in [0.1, 0.15) is 30.7 Å². The van der Waals surface area contributed by atoms with Crippen LogP contribution in [-0.4, -0.2) is 41.2 Å². The Hall–Kier alpha value is -4.51. The molecule has 0 bridgehead atoms. The predicted octanol–water partition coefficient (Wildman–Crippen LogP) is 3.71. The topological polar surface area (TPSA) is 125 Å². The van der Waals surface area contributed by atoms with Crippen LogP contribution in [0, 0.1) is 0 Å². The number of nitrogens with zero attached hydrogens (tertiary/aromatic N) is 3. The number of anilines is 1. The van der Waals surface area contributed by atoms with Gasteiger partial charge < -0.3 is 24.8 Å². The molecule has 0 unspecified atom stereocenters. The van der Waals surface area contributed by atoms with Crippen LogP contribution in [0.3, 0.4) is 0 Å². The molecule has 10 nitrogen and oxygen atoms in total. The van der Waals surface area contributed by atoms with Gasteiger partial charge in [-0.1, -0.05) is 17.4 Å². The van der Waals surface area contributed by atoms with Crippen LogP contribution in [0.5, 0.6) is 17.2 Å². The lowest BCUT2D eigenvalue weighted by atomic mass is 10.2. The second-order valence-electron chi connectivity index (χ2n) is 7.38. The van der Waals surface area contributed by atoms with Crippen LogP contribution < -0.4 is 24.8 Å². The summed E-state index contributed by atoms with van der Waals surface area (Å²) < 4.78 is 16.2. The molecule has 0 aliphatic carbocycles. The summed E-state index contributed by atoms with van der Waals surface area (Å²) in [7, 11) is 3.10. The second kappa shape index (κ2) is 11.8. The number of aromatic nitrogens is 3. The molecule has 11 heteroatoms. The van der Waals surface area contributed by atoms with Crippen molar-refractivity contribution in [1.29, 1.82) is 0 Å². The monoisotopic (exact) mass is 505 g/mol. The number of carbonyl (C=O) groups is 2. The van der Waals surface area contributed by atoms with E-state index in [0.29, 0.717) is 40.1 Å². The summed E-state index contributed by atoms with van der Waals surface area (Å²) in [5, 5.41) is 14.3. The number of benzene rings is 2. The van der Waals surface area contributed by atoms with Gasteiger partial charge in [-0.2, -0.15) is 0 Å². The summed E-state index contributed by atoms with van der Waals surface area (Å²) >= 11 is 1.13. The van der Waals surface area contributed by atoms with Gasteiger partial charge in [0.05, 0.1) is 14.2 Å². The molecule has 2 N–H and O–H groups in total. The van der Waals surface area contributed by atoms with Crippen molar-refractivity contribution in [3.63, 3.8) is 0 Å². The molecular weight excluding hydrogens is 482 g/mol. The molecule has 2 aromatic heterocycles. The summed E-state index contributed by atoms with van der Waals surface area (Å²) in [6.07, 6.45) is 3.37. The van der Waals surface area contributed by atoms with Crippen LogP contribution in [0.15, 0.2) is 67.0 Å². The van der Waals surface area contributed by atoms with Gasteiger partial charge in [0.25, 0.3) is 11.8 Å². The van der Waals surface area contributed by atoms with Gasteiger partial charge >= 0.3 is 0 Å². The summed E-state index contributed by atoms with van der Waals surface area (Å²) in [6, 6.07) is 15.5. The fourth-order valence-corrected chi connectivity index (χ4v) is 3.78. The van der Waals surface area contributed by atoms with E-state index >= 15 is 0 Å². The predicted molar refractivity (Wildman–Crippen MR) is 134 cm³/mol. The van der Waals surface area contributed by atoms with Gasteiger partial charge in [0, 0.05) is 36.3 Å². The maximum atomic E-state index is 12.6. The number of hydrogen-bond acceptors (Lipinski definition) is 9. The number of pyridine rings is 1. The van der Waals surface area contributed by atoms with Gasteiger partial charge in [-0.15, -0.1) is 10.2 Å². The fourth-order valence-electron chi connectivity index (χ4n) is 3.13. The Kier molecular flexibility index (Phi) is 8.04. The molecule has 0 aliphatic heterocycles. The van der Waals surface area contributed by atoms with Gasteiger partial charge in [0.2, 0.25) is 5.01 Å². The van der Waals surface area contributed by atoms with Gasteiger partial charge in [-0.3, -0.25) is 14.6 Å². The van der Waals surface area contributed by atoms with Crippen molar-refractivity contribution in [2.24, 2.45) is 0 Å². The number of carbonyl (C=O) groups excluding carboxylic acids is 2. The van der Waals surface area contributed by atoms with Crippen molar-refractivity contribution in [1.82, 2.24) is 20.5 Å². The molecule has 0 spiro atoms. The molecule has 2 amide bonds. The van der Waals surface area contributed by atoms with Crippen LogP contribution >= 0.6 is 11.3 Å². The van der Waals surface area contributed by atoms with E-state index in [9.17, 15) is 9.59 Å². The van der Waals surface area contributed by atoms with E-state index in [2.05, 4.69) is 25.8 Å². The van der Waals surface area contributed by atoms with E-state index in [-0.39, 0.29) is 17.5 Å². The highest BCUT2D eigenvalue weighted by Gasteiger charge is 2.15. The Labute approximate surface area is 211 Å². The highest BCUT2D eigenvalue weighted by molar-refractivity contribution is 7.13. The summed E-state index contributed by atoms with van der Waals surface area (Å²) in [5.74, 6) is 1.08. The molecule has 36 heavy (non-hydrogen) atoms. The first-order valence-electron chi connectivity index (χ1n) is 10.8. The average Bonchev–Trinajstić information content (AvgIpc) is 3.41. The van der Waals surface area contributed by atoms with Crippen molar-refractivity contribution < 1.29 is 23.8 Å². The minimum absolute atomic E-state index is 0.142. The highest BCUT2D eigenvalue weighted by atomic mass is 32.1. The summed E-state index contributed by atoms with van der Waals surface area (Å²) in [6.45, 7) is 0.517. The standard InChI is InChI=1S/C25H23N5O5S/c1-33-20-10-9-19(12-21(20)34-2)35-15-22-29-30-25(36-22)24(32)28-18-7-5-17(6-8-18)23(31)27-14-16-4-3-11-26-13-16/h3-13H,14-15H2,1-2H3,(H,27,31)(H,28,32). The Morgan fingerprint density at radius 3 is 2.47 bits per heavy atom. The first-order valence-corrected chi connectivity index (χ1v) is 11.6. The Morgan fingerprint density at radius 2 is 1.75 bits per heavy atom. The quantitative estimate of drug-likeness (QED) is 0.334. The van der Waals surface area contributed by atoms with Crippen LogP contribution in [0.2, 0.25) is 0 Å². The van der Waals surface area contributed by atoms with E-state index in [0.717, 1.165) is 16.9 Å². The number of nitrogens with one attached hydrogen (secondary N) is 2. The SMILES string of the molecule is COc1ccc(OCc2nnc(C(=O)Nc3ccc(C(=O)NCc4cccnc4)cc3)s2)cc1OC. The molecule has 4 aromatic rings. The van der Waals surface area contributed by atoms with Crippen LogP contribution in [0.4, 0.5) is 5.69 Å². The lowest BCUT2D eigenvalue weighted by Crippen LogP contribution is -2.22. The molecule has 0 fully saturated rings. The Morgan fingerprint density at radius 1 is 0.944 bits per heavy atom. The molecular formula is C25H23N5O5S. The second-order valence-corrected chi connectivity index (χ2v) is 8.44. The minimum Gasteiger partial charge on any atom is -0.493 e. The molecule has 0 atom stereocenters. The number of rotatable bonds is 10. The third kappa shape index (κ3) is 6.33. The zero-order valence-corrected chi connectivity index (χ0v) is 20.4. The van der Waals surface area contributed by atoms with Crippen LogP contribution in [0.25, 0.3) is 0 Å². The van der Waals surface area contributed by atoms with Crippen molar-refractivity contribution in [2.45, 2.75) is 13.2 Å². The molecule has 0 saturated carbocycles. The Balaban J connectivity index is 1.29. The molecule has 2 heterocycles. The first-order chi connectivity index (χ1) is 17.6. The van der Waals surface area contributed by atoms with Crippen molar-refractivity contribution >= 4 is 28.8 Å². The maximum Gasteiger partial charge on any atom is 0.286 e. The van der Waals surface area contributed by atoms with Gasteiger partial charge in [-0.25, -0.2) is 0 Å². The minimum atomic E-state index is -0.404. The highest BCUT2D eigenvalue weighted by Crippen LogP contribution is 2.31. The zero-order chi connectivity index (χ0) is 25.3. The third-order valence-corrected chi connectivity index (χ3v) is 5.85. The van der Waals surface area contributed by atoms with Crippen molar-refractivity contribution in [2.75, 3.05) is 19.5 Å². The molecule has 0 saturated heterocycles. The molecule has 4 rings (SSSR count). The maximum absolute atomic E-state index is 12.6. The van der Waals surface area contributed by atoms with Gasteiger partial charge in [-0.05, 0) is 48.0 Å². The number of hydrogen-bond donors (Lipinski definition) is 2. The molecule has 0 aliphatic rings. The first kappa shape index (κ1) is 24.6. The van der Waals surface area contributed by atoms with Crippen molar-refractivity contribution in [3.8, 4) is 17.2 Å². The largest absolute Gasteiger partial charge is 0.493 e. The van der Waals surface area contributed by atoms with Crippen molar-refractivity contribution in [3.05, 3.63) is 88.1 Å². The lowest BCUT2D eigenvalue weighted by molar-refractivity contribution is 0.0950. The van der Waals surface area contributed by atoms with E-state index in [1.807, 2.05) is 12.1 Å². The van der Waals surface area contributed by atoms with Gasteiger partial charge in [0.15, 0.2) is 16.5 Å². The molecule has 0 radical (unpaired) electrons. The van der Waals surface area contributed by atoms with Crippen LogP contribution in [-0.2, 0) is 13.2 Å². The summed E-state index contributed by atoms with van der Waals surface area (Å²) in [4.78, 5) is 28.9. The lowest BCUT2D eigenvalue weighted by Gasteiger charge is -2.09. The van der Waals surface area contributed by atoms with E-state index in [1.165, 1.54) is 0 Å². The van der Waals surface area contributed by atoms with E-state index < -0.39 is 5.91 Å². The summed E-state index contributed by atoms with van der Waals surface area (Å²) in [5.41, 5.74) is 1.91. The molecule has 184 valence electrons. The smallest absolute Gasteiger partial charge is 0.286 e. The van der Waals surface area contributed by atoms with E-state index in [1.54, 1.807) is 69.1 Å². The van der Waals surface area contributed by atoms with E-state index in [4.69, 9.17) is 14.2 Å². The number of ether oxygens (including phenoxy) is 3. The Bertz CT molecular complexity index is 1330.